The van der Waals surface area contributed by atoms with Crippen LogP contribution >= 0.6 is 23.1 Å². The van der Waals surface area contributed by atoms with Crippen LogP contribution in [-0.4, -0.2) is 23.3 Å². The molecule has 0 saturated carbocycles. The number of anilines is 4. The summed E-state index contributed by atoms with van der Waals surface area (Å²) in [5, 5.41) is 6.27. The maximum absolute atomic E-state index is 13.4. The molecule has 10 heteroatoms. The molecule has 29 heavy (non-hydrogen) atoms. The lowest BCUT2D eigenvalue weighted by atomic mass is 10.2. The fraction of sp³-hybridized carbons (Fsp3) is 0.158. The second-order valence-corrected chi connectivity index (χ2v) is 10.7. The molecule has 1 aromatic heterocycles. The van der Waals surface area contributed by atoms with E-state index < -0.39 is 18.9 Å². The fourth-order valence-electron chi connectivity index (χ4n) is 2.48. The molecule has 0 spiro atoms. The van der Waals surface area contributed by atoms with Gasteiger partial charge in [-0.25, -0.2) is 4.98 Å². The lowest BCUT2D eigenvalue weighted by molar-refractivity contribution is -0.137. The summed E-state index contributed by atoms with van der Waals surface area (Å²) in [5.41, 5.74) is 0.0344. The number of halogens is 4. The zero-order valence-corrected chi connectivity index (χ0v) is 17.9. The van der Waals surface area contributed by atoms with E-state index in [4.69, 9.17) is 0 Å². The van der Waals surface area contributed by atoms with Gasteiger partial charge in [0.15, 0.2) is 0 Å². The quantitative estimate of drug-likeness (QED) is 0.435. The van der Waals surface area contributed by atoms with Gasteiger partial charge in [0.2, 0.25) is 5.95 Å². The highest BCUT2D eigenvalue weighted by Crippen LogP contribution is 2.36. The van der Waals surface area contributed by atoms with Crippen molar-refractivity contribution in [3.63, 3.8) is 0 Å². The Hall–Kier alpha value is -2.38. The van der Waals surface area contributed by atoms with Crippen molar-refractivity contribution >= 4 is 51.5 Å². The van der Waals surface area contributed by atoms with Gasteiger partial charge in [0.25, 0.3) is 0 Å². The van der Waals surface area contributed by atoms with E-state index >= 15 is 0 Å². The molecular weight excluding hydrogens is 468 g/mol. The Balaban J connectivity index is 1.91. The van der Waals surface area contributed by atoms with Crippen LogP contribution in [-0.2, 0) is 10.7 Å². The zero-order valence-electron chi connectivity index (χ0n) is 15.5. The summed E-state index contributed by atoms with van der Waals surface area (Å²) in [4.78, 5) is 7.79. The third-order valence-electron chi connectivity index (χ3n) is 3.93. The highest BCUT2D eigenvalue weighted by atomic mass is 79.9. The molecule has 2 aromatic carbocycles. The van der Waals surface area contributed by atoms with Gasteiger partial charge < -0.3 is 15.2 Å². The van der Waals surface area contributed by atoms with E-state index in [2.05, 4.69) is 36.5 Å². The molecule has 0 aliphatic heterocycles. The molecule has 3 rings (SSSR count). The second kappa shape index (κ2) is 8.16. The molecular formula is C19H17BrF3N4OP. The molecule has 0 amide bonds. The average molecular weight is 485 g/mol. The highest BCUT2D eigenvalue weighted by Gasteiger charge is 2.35. The van der Waals surface area contributed by atoms with Gasteiger partial charge in [-0.1, -0.05) is 22.0 Å². The van der Waals surface area contributed by atoms with E-state index in [0.717, 1.165) is 6.20 Å². The van der Waals surface area contributed by atoms with Crippen LogP contribution in [0.1, 0.15) is 5.56 Å². The van der Waals surface area contributed by atoms with Crippen molar-refractivity contribution in [2.24, 2.45) is 0 Å². The van der Waals surface area contributed by atoms with E-state index in [1.165, 1.54) is 0 Å². The van der Waals surface area contributed by atoms with Crippen molar-refractivity contribution in [3.05, 3.63) is 64.8 Å². The van der Waals surface area contributed by atoms with Crippen molar-refractivity contribution in [2.45, 2.75) is 6.18 Å². The van der Waals surface area contributed by atoms with Crippen molar-refractivity contribution in [1.82, 2.24) is 9.97 Å². The summed E-state index contributed by atoms with van der Waals surface area (Å²) in [6.45, 7) is 3.32. The van der Waals surface area contributed by atoms with E-state index in [9.17, 15) is 17.7 Å². The molecule has 0 unspecified atom stereocenters. The lowest BCUT2D eigenvalue weighted by Gasteiger charge is -2.15. The normalized spacial score (nSPS) is 11.9. The third kappa shape index (κ3) is 5.58. The fourth-order valence-corrected chi connectivity index (χ4v) is 3.75. The van der Waals surface area contributed by atoms with E-state index in [0.29, 0.717) is 21.2 Å². The summed E-state index contributed by atoms with van der Waals surface area (Å²) >= 11 is 3.28. The SMILES string of the molecule is CP(C)(=O)c1ccc(Nc2ncc(C(F)(F)F)c(Nc3cccc(Br)c3)n2)cc1. The second-order valence-electron chi connectivity index (χ2n) is 6.61. The molecule has 0 saturated heterocycles. The Labute approximate surface area is 174 Å². The van der Waals surface area contributed by atoms with Gasteiger partial charge in [0.1, 0.15) is 18.5 Å². The van der Waals surface area contributed by atoms with Gasteiger partial charge in [-0.2, -0.15) is 18.2 Å². The molecule has 0 radical (unpaired) electrons. The first-order valence-electron chi connectivity index (χ1n) is 8.42. The topological polar surface area (TPSA) is 66.9 Å². The molecule has 0 bridgehead atoms. The number of rotatable bonds is 5. The van der Waals surface area contributed by atoms with Gasteiger partial charge in [-0.15, -0.1) is 0 Å². The minimum absolute atomic E-state index is 0.000531. The summed E-state index contributed by atoms with van der Waals surface area (Å²) in [6.07, 6.45) is -3.88. The van der Waals surface area contributed by atoms with E-state index in [1.807, 2.05) is 0 Å². The molecule has 0 aliphatic rings. The van der Waals surface area contributed by atoms with E-state index in [1.54, 1.807) is 61.9 Å². The summed E-state index contributed by atoms with van der Waals surface area (Å²) in [7, 11) is -2.39. The maximum atomic E-state index is 13.4. The molecule has 5 nitrogen and oxygen atoms in total. The molecule has 3 aromatic rings. The number of hydrogen-bond acceptors (Lipinski definition) is 5. The Morgan fingerprint density at radius 2 is 1.69 bits per heavy atom. The minimum atomic E-state index is -4.61. The van der Waals surface area contributed by atoms with Crippen LogP contribution in [0, 0.1) is 0 Å². The Bertz CT molecular complexity index is 1070. The Morgan fingerprint density at radius 3 is 2.28 bits per heavy atom. The van der Waals surface area contributed by atoms with Crippen LogP contribution in [0.25, 0.3) is 0 Å². The first-order valence-corrected chi connectivity index (χ1v) is 11.8. The largest absolute Gasteiger partial charge is 0.421 e. The highest BCUT2D eigenvalue weighted by molar-refractivity contribution is 9.10. The minimum Gasteiger partial charge on any atom is -0.340 e. The number of benzene rings is 2. The van der Waals surface area contributed by atoms with Crippen LogP contribution in [0.3, 0.4) is 0 Å². The van der Waals surface area contributed by atoms with Gasteiger partial charge in [-0.3, -0.25) is 0 Å². The zero-order chi connectivity index (χ0) is 21.2. The average Bonchev–Trinajstić information content (AvgIpc) is 2.60. The molecule has 2 N–H and O–H groups in total. The molecule has 1 heterocycles. The first-order chi connectivity index (χ1) is 13.5. The predicted molar refractivity (Wildman–Crippen MR) is 113 cm³/mol. The van der Waals surface area contributed by atoms with Crippen LogP contribution < -0.4 is 15.9 Å². The molecule has 152 valence electrons. The van der Waals surface area contributed by atoms with Crippen LogP contribution in [0.2, 0.25) is 0 Å². The number of alkyl halides is 3. The summed E-state index contributed by atoms with van der Waals surface area (Å²) in [6, 6.07) is 13.5. The monoisotopic (exact) mass is 484 g/mol. The summed E-state index contributed by atoms with van der Waals surface area (Å²) < 4.78 is 52.9. The smallest absolute Gasteiger partial charge is 0.340 e. The predicted octanol–water partition coefficient (Wildman–Crippen LogP) is 5.99. The van der Waals surface area contributed by atoms with Crippen molar-refractivity contribution in [2.75, 3.05) is 24.0 Å². The van der Waals surface area contributed by atoms with Gasteiger partial charge in [-0.05, 0) is 55.8 Å². The number of hydrogen-bond donors (Lipinski definition) is 2. The van der Waals surface area contributed by atoms with Crippen molar-refractivity contribution in [3.8, 4) is 0 Å². The van der Waals surface area contributed by atoms with Gasteiger partial charge >= 0.3 is 6.18 Å². The number of nitrogens with zero attached hydrogens (tertiary/aromatic N) is 2. The van der Waals surface area contributed by atoms with Crippen molar-refractivity contribution in [1.29, 1.82) is 0 Å². The maximum Gasteiger partial charge on any atom is 0.421 e. The van der Waals surface area contributed by atoms with E-state index in [-0.39, 0.29) is 11.8 Å². The van der Waals surface area contributed by atoms with Crippen LogP contribution in [0.5, 0.6) is 0 Å². The molecule has 0 fully saturated rings. The van der Waals surface area contributed by atoms with Crippen LogP contribution in [0.4, 0.5) is 36.3 Å². The molecule has 0 atom stereocenters. The first kappa shape index (κ1) is 21.3. The third-order valence-corrected chi connectivity index (χ3v) is 5.96. The molecule has 0 aliphatic carbocycles. The van der Waals surface area contributed by atoms with Crippen LogP contribution in [0.15, 0.2) is 59.2 Å². The lowest BCUT2D eigenvalue weighted by Crippen LogP contribution is -2.12. The Morgan fingerprint density at radius 1 is 1.00 bits per heavy atom. The number of nitrogens with one attached hydrogen (secondary N) is 2. The number of aromatic nitrogens is 2. The summed E-state index contributed by atoms with van der Waals surface area (Å²) in [5.74, 6) is -0.365. The van der Waals surface area contributed by atoms with Crippen molar-refractivity contribution < 1.29 is 17.7 Å². The Kier molecular flexibility index (Phi) is 6.00. The van der Waals surface area contributed by atoms with Gasteiger partial charge in [0, 0.05) is 27.3 Å². The standard InChI is InChI=1S/C19H17BrF3N4OP/c1-29(2,28)15-8-6-13(7-9-15)26-18-24-11-16(19(21,22)23)17(27-18)25-14-5-3-4-12(20)10-14/h3-11H,1-2H3,(H2,24,25,26,27). The van der Waals surface area contributed by atoms with Gasteiger partial charge in [0.05, 0.1) is 0 Å².